The van der Waals surface area contributed by atoms with Crippen LogP contribution in [0, 0.1) is 5.92 Å². The van der Waals surface area contributed by atoms with Crippen molar-refractivity contribution in [3.05, 3.63) is 78.1 Å². The van der Waals surface area contributed by atoms with Gasteiger partial charge in [0.1, 0.15) is 0 Å². The highest BCUT2D eigenvalue weighted by atomic mass is 16.2. The molecule has 0 radical (unpaired) electrons. The van der Waals surface area contributed by atoms with Gasteiger partial charge in [0, 0.05) is 18.7 Å². The lowest BCUT2D eigenvalue weighted by Gasteiger charge is -2.28. The van der Waals surface area contributed by atoms with E-state index in [0.29, 0.717) is 6.54 Å². The van der Waals surface area contributed by atoms with Crippen molar-refractivity contribution in [3.8, 4) is 0 Å². The highest BCUT2D eigenvalue weighted by Gasteiger charge is 2.24. The van der Waals surface area contributed by atoms with Crippen molar-refractivity contribution in [1.82, 2.24) is 9.88 Å². The smallest absolute Gasteiger partial charge is 0.226 e. The summed E-state index contributed by atoms with van der Waals surface area (Å²) in [6, 6.07) is 16.2. The SMILES string of the molecule is O=C(C1CC=CCC1)N(CCc1ccccc1)Cc1ccccn1. The van der Waals surface area contributed by atoms with E-state index >= 15 is 0 Å². The second-order valence-corrected chi connectivity index (χ2v) is 6.30. The first kappa shape index (κ1) is 16.4. The van der Waals surface area contributed by atoms with Gasteiger partial charge in [-0.2, -0.15) is 0 Å². The van der Waals surface area contributed by atoms with Gasteiger partial charge in [0.05, 0.1) is 12.2 Å². The third kappa shape index (κ3) is 4.54. The van der Waals surface area contributed by atoms with Gasteiger partial charge in [0.2, 0.25) is 5.91 Å². The number of aromatic nitrogens is 1. The molecule has 0 bridgehead atoms. The van der Waals surface area contributed by atoms with E-state index in [0.717, 1.165) is 37.9 Å². The summed E-state index contributed by atoms with van der Waals surface area (Å²) in [6.07, 6.45) is 9.81. The Labute approximate surface area is 144 Å². The minimum absolute atomic E-state index is 0.120. The largest absolute Gasteiger partial charge is 0.336 e. The molecule has 0 saturated heterocycles. The fourth-order valence-corrected chi connectivity index (χ4v) is 3.14. The molecule has 3 rings (SSSR count). The topological polar surface area (TPSA) is 33.2 Å². The Morgan fingerprint density at radius 1 is 1.08 bits per heavy atom. The highest BCUT2D eigenvalue weighted by Crippen LogP contribution is 2.21. The van der Waals surface area contributed by atoms with Crippen LogP contribution in [0.2, 0.25) is 0 Å². The van der Waals surface area contributed by atoms with Crippen molar-refractivity contribution in [2.45, 2.75) is 32.2 Å². The van der Waals surface area contributed by atoms with E-state index in [1.54, 1.807) is 6.20 Å². The zero-order valence-electron chi connectivity index (χ0n) is 14.0. The first-order valence-corrected chi connectivity index (χ1v) is 8.70. The molecule has 1 unspecified atom stereocenters. The van der Waals surface area contributed by atoms with Crippen molar-refractivity contribution < 1.29 is 4.79 Å². The van der Waals surface area contributed by atoms with Gasteiger partial charge < -0.3 is 4.90 Å². The molecule has 24 heavy (non-hydrogen) atoms. The molecule has 1 atom stereocenters. The summed E-state index contributed by atoms with van der Waals surface area (Å²) < 4.78 is 0. The Bertz CT molecular complexity index is 667. The van der Waals surface area contributed by atoms with Crippen molar-refractivity contribution >= 4 is 5.91 Å². The average Bonchev–Trinajstić information content (AvgIpc) is 2.67. The van der Waals surface area contributed by atoms with Crippen LogP contribution in [-0.2, 0) is 17.8 Å². The molecule has 2 aromatic rings. The molecular weight excluding hydrogens is 296 g/mol. The van der Waals surface area contributed by atoms with Gasteiger partial charge >= 0.3 is 0 Å². The van der Waals surface area contributed by atoms with Crippen LogP contribution in [0.5, 0.6) is 0 Å². The van der Waals surface area contributed by atoms with Gasteiger partial charge in [-0.3, -0.25) is 9.78 Å². The van der Waals surface area contributed by atoms with E-state index < -0.39 is 0 Å². The Hall–Kier alpha value is -2.42. The molecular formula is C21H24N2O. The summed E-state index contributed by atoms with van der Waals surface area (Å²) in [6.45, 7) is 1.33. The molecule has 1 aliphatic carbocycles. The van der Waals surface area contributed by atoms with E-state index in [2.05, 4.69) is 29.3 Å². The molecule has 0 fully saturated rings. The average molecular weight is 320 g/mol. The van der Waals surface area contributed by atoms with Crippen LogP contribution in [0.4, 0.5) is 0 Å². The number of allylic oxidation sites excluding steroid dienone is 2. The second-order valence-electron chi connectivity index (χ2n) is 6.30. The number of rotatable bonds is 6. The lowest BCUT2D eigenvalue weighted by Crippen LogP contribution is -2.37. The number of hydrogen-bond donors (Lipinski definition) is 0. The molecule has 1 aromatic carbocycles. The van der Waals surface area contributed by atoms with Crippen LogP contribution in [-0.4, -0.2) is 22.3 Å². The maximum Gasteiger partial charge on any atom is 0.226 e. The number of benzene rings is 1. The fraction of sp³-hybridized carbons (Fsp3) is 0.333. The van der Waals surface area contributed by atoms with Crippen LogP contribution in [0.3, 0.4) is 0 Å². The molecule has 0 N–H and O–H groups in total. The van der Waals surface area contributed by atoms with Crippen molar-refractivity contribution in [2.75, 3.05) is 6.54 Å². The predicted molar refractivity (Wildman–Crippen MR) is 96.3 cm³/mol. The molecule has 0 saturated carbocycles. The van der Waals surface area contributed by atoms with Gasteiger partial charge in [-0.1, -0.05) is 48.6 Å². The lowest BCUT2D eigenvalue weighted by atomic mass is 9.93. The third-order valence-corrected chi connectivity index (χ3v) is 4.52. The van der Waals surface area contributed by atoms with Gasteiger partial charge in [0.15, 0.2) is 0 Å². The zero-order valence-corrected chi connectivity index (χ0v) is 14.0. The molecule has 3 nitrogen and oxygen atoms in total. The standard InChI is InChI=1S/C21H24N2O/c24-21(19-11-5-2-6-12-19)23(17-20-13-7-8-15-22-20)16-14-18-9-3-1-4-10-18/h1-5,7-10,13,15,19H,6,11-12,14,16-17H2. The van der Waals surface area contributed by atoms with E-state index in [4.69, 9.17) is 0 Å². The number of carbonyl (C=O) groups is 1. The molecule has 1 amide bonds. The number of pyridine rings is 1. The van der Waals surface area contributed by atoms with Gasteiger partial charge in [-0.15, -0.1) is 0 Å². The zero-order chi connectivity index (χ0) is 16.6. The maximum atomic E-state index is 13.0. The van der Waals surface area contributed by atoms with Crippen molar-refractivity contribution in [1.29, 1.82) is 0 Å². The Balaban J connectivity index is 1.69. The summed E-state index contributed by atoms with van der Waals surface area (Å²) >= 11 is 0. The Morgan fingerprint density at radius 3 is 2.62 bits per heavy atom. The highest BCUT2D eigenvalue weighted by molar-refractivity contribution is 5.79. The maximum absolute atomic E-state index is 13.0. The van der Waals surface area contributed by atoms with E-state index in [9.17, 15) is 4.79 Å². The van der Waals surface area contributed by atoms with Crippen LogP contribution in [0.15, 0.2) is 66.9 Å². The summed E-state index contributed by atoms with van der Waals surface area (Å²) in [5.74, 6) is 0.385. The van der Waals surface area contributed by atoms with Crippen molar-refractivity contribution in [2.24, 2.45) is 5.92 Å². The number of nitrogens with zero attached hydrogens (tertiary/aromatic N) is 2. The number of carbonyl (C=O) groups excluding carboxylic acids is 1. The van der Waals surface area contributed by atoms with Gasteiger partial charge in [-0.25, -0.2) is 0 Å². The number of hydrogen-bond acceptors (Lipinski definition) is 2. The lowest BCUT2D eigenvalue weighted by molar-refractivity contribution is -0.136. The van der Waals surface area contributed by atoms with Crippen LogP contribution in [0.25, 0.3) is 0 Å². The number of amides is 1. The van der Waals surface area contributed by atoms with Gasteiger partial charge in [0.25, 0.3) is 0 Å². The monoisotopic (exact) mass is 320 g/mol. The normalized spacial score (nSPS) is 16.8. The van der Waals surface area contributed by atoms with E-state index in [-0.39, 0.29) is 11.8 Å². The Kier molecular flexibility index (Phi) is 5.78. The third-order valence-electron chi connectivity index (χ3n) is 4.52. The van der Waals surface area contributed by atoms with Crippen molar-refractivity contribution in [3.63, 3.8) is 0 Å². The summed E-state index contributed by atoms with van der Waals surface area (Å²) in [5, 5.41) is 0. The minimum Gasteiger partial charge on any atom is -0.336 e. The first-order valence-electron chi connectivity index (χ1n) is 8.70. The minimum atomic E-state index is 0.120. The molecule has 124 valence electrons. The van der Waals surface area contributed by atoms with E-state index in [1.807, 2.05) is 41.3 Å². The second kappa shape index (κ2) is 8.44. The Morgan fingerprint density at radius 2 is 1.92 bits per heavy atom. The summed E-state index contributed by atoms with van der Waals surface area (Å²) in [4.78, 5) is 19.4. The predicted octanol–water partition coefficient (Wildman–Crippen LogP) is 4.01. The summed E-state index contributed by atoms with van der Waals surface area (Å²) in [5.41, 5.74) is 2.21. The quantitative estimate of drug-likeness (QED) is 0.754. The van der Waals surface area contributed by atoms with Crippen LogP contribution >= 0.6 is 0 Å². The molecule has 1 aliphatic rings. The molecule has 0 spiro atoms. The molecule has 1 aromatic heterocycles. The molecule has 0 aliphatic heterocycles. The van der Waals surface area contributed by atoms with E-state index in [1.165, 1.54) is 5.56 Å². The first-order chi connectivity index (χ1) is 11.8. The van der Waals surface area contributed by atoms with Crippen LogP contribution < -0.4 is 0 Å². The summed E-state index contributed by atoms with van der Waals surface area (Å²) in [7, 11) is 0. The van der Waals surface area contributed by atoms with Gasteiger partial charge in [-0.05, 0) is 43.4 Å². The molecule has 3 heteroatoms. The van der Waals surface area contributed by atoms with Crippen LogP contribution in [0.1, 0.15) is 30.5 Å². The molecule has 1 heterocycles. The fourth-order valence-electron chi connectivity index (χ4n) is 3.14.